The maximum absolute atomic E-state index is 16.1. The van der Waals surface area contributed by atoms with E-state index < -0.39 is 40.4 Å². The molecule has 0 radical (unpaired) electrons. The minimum atomic E-state index is -2.15. The van der Waals surface area contributed by atoms with Gasteiger partial charge < -0.3 is 14.7 Å². The van der Waals surface area contributed by atoms with Gasteiger partial charge in [0.15, 0.2) is 23.3 Å². The van der Waals surface area contributed by atoms with Crippen molar-refractivity contribution in [1.82, 2.24) is 4.58 Å². The average molecular weight is 618 g/mol. The summed E-state index contributed by atoms with van der Waals surface area (Å²) < 4.78 is 70.5. The number of nitrogens with zero attached hydrogens (tertiary/aromatic N) is 2. The molecular weight excluding hydrogens is 584 g/mol. The highest BCUT2D eigenvalue weighted by molar-refractivity contribution is 6.00. The molecule has 5 aliphatic rings. The number of allylic oxidation sites excluding steroid dienone is 1. The first-order chi connectivity index (χ1) is 21.5. The molecule has 5 heterocycles. The van der Waals surface area contributed by atoms with Crippen LogP contribution in [-0.2, 0) is 19.3 Å². The van der Waals surface area contributed by atoms with E-state index in [2.05, 4.69) is 29.4 Å². The van der Waals surface area contributed by atoms with Gasteiger partial charge in [-0.1, -0.05) is 6.08 Å². The Bertz CT molecular complexity index is 2060. The number of hydrogen-bond donors (Lipinski definition) is 1. The number of anilines is 1. The number of ether oxygens (including phenoxy) is 1. The van der Waals surface area contributed by atoms with E-state index in [1.54, 1.807) is 0 Å². The van der Waals surface area contributed by atoms with Gasteiger partial charge in [0.1, 0.15) is 30.2 Å². The van der Waals surface area contributed by atoms with Crippen LogP contribution in [-0.4, -0.2) is 36.2 Å². The Labute approximate surface area is 257 Å². The summed E-state index contributed by atoms with van der Waals surface area (Å²) >= 11 is 0. The molecule has 9 heteroatoms. The molecule has 0 bridgehead atoms. The molecule has 0 saturated heterocycles. The second-order valence-corrected chi connectivity index (χ2v) is 13.4. The van der Waals surface area contributed by atoms with Crippen LogP contribution in [0.2, 0.25) is 0 Å². The number of benzene rings is 3. The second-order valence-electron chi connectivity index (χ2n) is 13.4. The number of hydrogen-bond acceptors (Lipinski definition) is 3. The lowest BCUT2D eigenvalue weighted by Crippen LogP contribution is -2.48. The van der Waals surface area contributed by atoms with Crippen LogP contribution in [0.25, 0.3) is 11.1 Å². The van der Waals surface area contributed by atoms with Gasteiger partial charge >= 0.3 is 5.97 Å². The van der Waals surface area contributed by atoms with E-state index in [4.69, 9.17) is 4.74 Å². The fourth-order valence-electron chi connectivity index (χ4n) is 8.52. The van der Waals surface area contributed by atoms with E-state index >= 15 is 13.2 Å². The molecule has 0 unspecified atom stereocenters. The summed E-state index contributed by atoms with van der Waals surface area (Å²) in [5.74, 6) is -8.83. The van der Waals surface area contributed by atoms with Crippen molar-refractivity contribution in [1.29, 1.82) is 0 Å². The van der Waals surface area contributed by atoms with Gasteiger partial charge in [-0.25, -0.2) is 26.9 Å². The number of fused-ring (bicyclic) bond motifs is 4. The minimum Gasteiger partial charge on any atom is -0.478 e. The summed E-state index contributed by atoms with van der Waals surface area (Å²) in [4.78, 5) is 14.9. The summed E-state index contributed by atoms with van der Waals surface area (Å²) in [5, 5.41) is 11.6. The van der Waals surface area contributed by atoms with Gasteiger partial charge in [0, 0.05) is 58.0 Å². The standard InChI is InChI=1S/C36H32F4N2O3/c1-17-16-36(2,3)42-13-7-10-20-32(42)21(17)15-23-24(25-26(35(43)44)28(38)30(40)29(39)27(25)37)22-14-18-8-4-5-11-41-12-6-9-19(31(18)41)33(22)45-34(20)23/h14-16H,4-13H2,1-3H3/p+1. The molecule has 0 saturated carbocycles. The fourth-order valence-corrected chi connectivity index (χ4v) is 8.52. The van der Waals surface area contributed by atoms with Crippen LogP contribution in [0.3, 0.4) is 0 Å². The number of aromatic carboxylic acids is 1. The second kappa shape index (κ2) is 9.68. The lowest BCUT2D eigenvalue weighted by atomic mass is 9.79. The van der Waals surface area contributed by atoms with Crippen molar-refractivity contribution in [3.8, 4) is 11.5 Å². The molecular formula is C36H33F4N2O3+. The van der Waals surface area contributed by atoms with E-state index in [9.17, 15) is 14.3 Å². The van der Waals surface area contributed by atoms with Gasteiger partial charge in [-0.3, -0.25) is 0 Å². The molecule has 5 aliphatic heterocycles. The van der Waals surface area contributed by atoms with Crippen LogP contribution >= 0.6 is 0 Å². The minimum absolute atomic E-state index is 0.0215. The van der Waals surface area contributed by atoms with Gasteiger partial charge in [0.05, 0.1) is 16.8 Å². The molecule has 8 rings (SSSR count). The predicted octanol–water partition coefficient (Wildman–Crippen LogP) is 6.02. The summed E-state index contributed by atoms with van der Waals surface area (Å²) in [6.07, 6.45) is 7.86. The van der Waals surface area contributed by atoms with Crippen LogP contribution in [0.15, 0.2) is 18.2 Å². The molecule has 5 nitrogen and oxygen atoms in total. The van der Waals surface area contributed by atoms with E-state index in [1.165, 1.54) is 0 Å². The average Bonchev–Trinajstić information content (AvgIpc) is 3.22. The van der Waals surface area contributed by atoms with Crippen LogP contribution in [0.5, 0.6) is 11.5 Å². The number of rotatable bonds is 2. The highest BCUT2D eigenvalue weighted by Crippen LogP contribution is 2.52. The monoisotopic (exact) mass is 617 g/mol. The number of carboxylic acid groups (broad SMARTS) is 1. The van der Waals surface area contributed by atoms with Gasteiger partial charge in [0.2, 0.25) is 5.36 Å². The molecule has 0 spiro atoms. The van der Waals surface area contributed by atoms with Gasteiger partial charge in [-0.05, 0) is 70.6 Å². The molecule has 0 atom stereocenters. The van der Waals surface area contributed by atoms with E-state index in [0.717, 1.165) is 90.6 Å². The van der Waals surface area contributed by atoms with Crippen LogP contribution in [0.1, 0.15) is 90.2 Å². The third-order valence-corrected chi connectivity index (χ3v) is 10.3. The molecule has 0 amide bonds. The first kappa shape index (κ1) is 28.3. The zero-order valence-electron chi connectivity index (χ0n) is 25.5. The normalized spacial score (nSPS) is 19.1. The van der Waals surface area contributed by atoms with E-state index in [0.29, 0.717) is 35.1 Å². The van der Waals surface area contributed by atoms with Crippen LogP contribution < -0.4 is 24.8 Å². The Morgan fingerprint density at radius 3 is 2.40 bits per heavy atom. The number of aryl methyl sites for hydroxylation is 1. The summed E-state index contributed by atoms with van der Waals surface area (Å²) in [6.45, 7) is 8.90. The molecule has 0 aromatic heterocycles. The van der Waals surface area contributed by atoms with Gasteiger partial charge in [-0.15, -0.1) is 0 Å². The highest BCUT2D eigenvalue weighted by Gasteiger charge is 2.41. The zero-order valence-corrected chi connectivity index (χ0v) is 25.5. The van der Waals surface area contributed by atoms with Crippen molar-refractivity contribution >= 4 is 22.8 Å². The highest BCUT2D eigenvalue weighted by atomic mass is 19.2. The van der Waals surface area contributed by atoms with Crippen molar-refractivity contribution in [2.75, 3.05) is 24.5 Å². The smallest absolute Gasteiger partial charge is 0.339 e. The van der Waals surface area contributed by atoms with Crippen LogP contribution in [0.4, 0.5) is 23.2 Å². The Kier molecular flexibility index (Phi) is 6.10. The SMILES string of the molecule is CC1=CC(C)(C)N2CCCc3c4c(cc1c32)C(c1c(F)c(F)c(F)c(F)c1C(=O)O)=c1cc2c3c(c1O4)CCC[N+]=3CCCC2. The molecule has 0 fully saturated rings. The third kappa shape index (κ3) is 3.85. The Balaban J connectivity index is 1.60. The first-order valence-corrected chi connectivity index (χ1v) is 15.8. The Hall–Kier alpha value is -4.14. The number of carbonyl (C=O) groups is 1. The largest absolute Gasteiger partial charge is 0.478 e. The quantitative estimate of drug-likeness (QED) is 0.130. The molecule has 1 N–H and O–H groups in total. The number of carboxylic acids is 1. The van der Waals surface area contributed by atoms with Crippen molar-refractivity contribution in [3.05, 3.63) is 91.0 Å². The topological polar surface area (TPSA) is 52.8 Å². The molecule has 3 aromatic carbocycles. The van der Waals surface area contributed by atoms with Crippen molar-refractivity contribution < 1.29 is 32.2 Å². The Morgan fingerprint density at radius 1 is 0.889 bits per heavy atom. The lowest BCUT2D eigenvalue weighted by Gasteiger charge is -2.47. The summed E-state index contributed by atoms with van der Waals surface area (Å²) in [6, 6.07) is 3.71. The van der Waals surface area contributed by atoms with Gasteiger partial charge in [-0.2, -0.15) is 0 Å². The van der Waals surface area contributed by atoms with Crippen LogP contribution in [0, 0.1) is 23.3 Å². The molecule has 3 aromatic rings. The van der Waals surface area contributed by atoms with E-state index in [1.807, 2.05) is 19.1 Å². The molecule has 45 heavy (non-hydrogen) atoms. The molecule has 0 aliphatic carbocycles. The summed E-state index contributed by atoms with van der Waals surface area (Å²) in [7, 11) is 0. The first-order valence-electron chi connectivity index (χ1n) is 15.8. The Morgan fingerprint density at radius 2 is 1.62 bits per heavy atom. The van der Waals surface area contributed by atoms with Crippen molar-refractivity contribution in [2.24, 2.45) is 0 Å². The van der Waals surface area contributed by atoms with Crippen molar-refractivity contribution in [3.63, 3.8) is 0 Å². The maximum Gasteiger partial charge on any atom is 0.339 e. The fraction of sp³-hybridized carbons (Fsp3) is 0.389. The zero-order chi connectivity index (χ0) is 31.5. The number of halogens is 4. The predicted molar refractivity (Wildman–Crippen MR) is 163 cm³/mol. The van der Waals surface area contributed by atoms with Gasteiger partial charge in [0.25, 0.3) is 0 Å². The van der Waals surface area contributed by atoms with Crippen molar-refractivity contribution in [2.45, 2.75) is 71.3 Å². The summed E-state index contributed by atoms with van der Waals surface area (Å²) in [5.41, 5.74) is 3.76. The maximum atomic E-state index is 16.1. The molecule has 232 valence electrons. The van der Waals surface area contributed by atoms with E-state index in [-0.39, 0.29) is 11.1 Å². The third-order valence-electron chi connectivity index (χ3n) is 10.3. The lowest BCUT2D eigenvalue weighted by molar-refractivity contribution is 0.0689.